The molecule has 1 amide bonds. The second kappa shape index (κ2) is 7.33. The smallest absolute Gasteiger partial charge is 0.263 e. The summed E-state index contributed by atoms with van der Waals surface area (Å²) in [5.41, 5.74) is 0.416. The van der Waals surface area contributed by atoms with Crippen LogP contribution >= 0.6 is 11.3 Å². The Balaban J connectivity index is 1.59. The largest absolute Gasteiger partial charge is 0.352 e. The van der Waals surface area contributed by atoms with Crippen molar-refractivity contribution < 1.29 is 21.6 Å². The molecule has 140 valence electrons. The molecule has 2 N–H and O–H groups in total. The number of amides is 1. The van der Waals surface area contributed by atoms with E-state index in [1.807, 2.05) is 0 Å². The Morgan fingerprint density at radius 1 is 1.27 bits per heavy atom. The maximum Gasteiger partial charge on any atom is 0.263 e. The number of benzene rings is 1. The quantitative estimate of drug-likeness (QED) is 0.719. The Bertz CT molecular complexity index is 1000. The van der Waals surface area contributed by atoms with Crippen molar-refractivity contribution in [3.8, 4) is 0 Å². The molecule has 3 rings (SSSR count). The van der Waals surface area contributed by atoms with Gasteiger partial charge >= 0.3 is 0 Å². The highest BCUT2D eigenvalue weighted by molar-refractivity contribution is 7.93. The van der Waals surface area contributed by atoms with Crippen LogP contribution in [0.25, 0.3) is 0 Å². The summed E-state index contributed by atoms with van der Waals surface area (Å²) in [6, 6.07) is 7.53. The maximum atomic E-state index is 12.2. The topological polar surface area (TPSA) is 122 Å². The molecule has 1 atom stereocenters. The number of nitrogens with zero attached hydrogens (tertiary/aromatic N) is 1. The molecule has 11 heteroatoms. The first-order chi connectivity index (χ1) is 12.2. The normalized spacial score (nSPS) is 19.2. The van der Waals surface area contributed by atoms with Gasteiger partial charge in [0.15, 0.2) is 15.0 Å². The average Bonchev–Trinajstić information content (AvgIpc) is 3.13. The van der Waals surface area contributed by atoms with Crippen LogP contribution in [0.3, 0.4) is 0 Å². The molecule has 1 aromatic carbocycles. The number of aromatic nitrogens is 1. The fourth-order valence-corrected chi connectivity index (χ4v) is 6.22. The van der Waals surface area contributed by atoms with Crippen LogP contribution in [-0.4, -0.2) is 45.3 Å². The number of carbonyl (C=O) groups is 1. The van der Waals surface area contributed by atoms with Gasteiger partial charge in [0.05, 0.1) is 28.5 Å². The number of nitrogens with one attached hydrogen (secondary N) is 2. The molecule has 0 spiro atoms. The van der Waals surface area contributed by atoms with Crippen LogP contribution in [0, 0.1) is 0 Å². The number of carbonyl (C=O) groups excluding carboxylic acids is 1. The van der Waals surface area contributed by atoms with Crippen LogP contribution in [0.2, 0.25) is 0 Å². The summed E-state index contributed by atoms with van der Waals surface area (Å²) in [5.74, 6) is -0.298. The molecule has 2 heterocycles. The van der Waals surface area contributed by atoms with Gasteiger partial charge in [-0.3, -0.25) is 9.52 Å². The van der Waals surface area contributed by atoms with Gasteiger partial charge in [-0.25, -0.2) is 21.8 Å². The first-order valence-electron chi connectivity index (χ1n) is 7.76. The van der Waals surface area contributed by atoms with E-state index in [-0.39, 0.29) is 39.9 Å². The summed E-state index contributed by atoms with van der Waals surface area (Å²) < 4.78 is 49.7. The maximum absolute atomic E-state index is 12.2. The SMILES string of the molecule is O=C(Cc1csc(NS(=O)(=O)c2ccccc2)n1)N[C@H]1CCS(=O)(=O)C1. The van der Waals surface area contributed by atoms with E-state index in [0.29, 0.717) is 12.1 Å². The first kappa shape index (κ1) is 18.8. The Labute approximate surface area is 155 Å². The Hall–Kier alpha value is -1.98. The summed E-state index contributed by atoms with van der Waals surface area (Å²) in [5, 5.41) is 4.43. The van der Waals surface area contributed by atoms with Gasteiger partial charge < -0.3 is 5.32 Å². The number of thiazole rings is 1. The number of anilines is 1. The summed E-state index contributed by atoms with van der Waals surface area (Å²) in [7, 11) is -6.79. The van der Waals surface area contributed by atoms with E-state index in [2.05, 4.69) is 15.0 Å². The molecule has 0 unspecified atom stereocenters. The lowest BCUT2D eigenvalue weighted by Crippen LogP contribution is -2.36. The first-order valence-corrected chi connectivity index (χ1v) is 11.9. The lowest BCUT2D eigenvalue weighted by molar-refractivity contribution is -0.121. The highest BCUT2D eigenvalue weighted by Gasteiger charge is 2.29. The van der Waals surface area contributed by atoms with Crippen molar-refractivity contribution in [3.05, 3.63) is 41.4 Å². The van der Waals surface area contributed by atoms with E-state index < -0.39 is 19.9 Å². The van der Waals surface area contributed by atoms with E-state index in [1.165, 1.54) is 12.1 Å². The lowest BCUT2D eigenvalue weighted by Gasteiger charge is -2.09. The number of rotatable bonds is 6. The number of sulfone groups is 1. The molecule has 2 aromatic rings. The van der Waals surface area contributed by atoms with Gasteiger partial charge in [0.2, 0.25) is 5.91 Å². The molecule has 1 fully saturated rings. The van der Waals surface area contributed by atoms with Crippen molar-refractivity contribution in [1.82, 2.24) is 10.3 Å². The Morgan fingerprint density at radius 2 is 2.00 bits per heavy atom. The van der Waals surface area contributed by atoms with Gasteiger partial charge in [-0.2, -0.15) is 0 Å². The van der Waals surface area contributed by atoms with Gasteiger partial charge in [-0.15, -0.1) is 11.3 Å². The number of sulfonamides is 1. The van der Waals surface area contributed by atoms with Crippen molar-refractivity contribution in [2.24, 2.45) is 0 Å². The molecule has 1 aliphatic rings. The second-order valence-corrected chi connectivity index (χ2v) is 10.7. The molecule has 0 bridgehead atoms. The lowest BCUT2D eigenvalue weighted by atomic mass is 10.2. The van der Waals surface area contributed by atoms with Crippen LogP contribution in [0.1, 0.15) is 12.1 Å². The molecular formula is C15H17N3O5S3. The van der Waals surface area contributed by atoms with Crippen molar-refractivity contribution >= 4 is 42.2 Å². The van der Waals surface area contributed by atoms with Crippen molar-refractivity contribution in [2.75, 3.05) is 16.2 Å². The number of hydrogen-bond donors (Lipinski definition) is 2. The minimum atomic E-state index is -3.73. The molecule has 0 radical (unpaired) electrons. The number of hydrogen-bond acceptors (Lipinski definition) is 7. The Kier molecular flexibility index (Phi) is 5.30. The zero-order chi connectivity index (χ0) is 18.8. The van der Waals surface area contributed by atoms with Crippen LogP contribution in [0.15, 0.2) is 40.6 Å². The predicted molar refractivity (Wildman–Crippen MR) is 98.3 cm³/mol. The van der Waals surface area contributed by atoms with Gasteiger partial charge in [-0.05, 0) is 18.6 Å². The molecule has 0 saturated carbocycles. The summed E-state index contributed by atoms with van der Waals surface area (Å²) >= 11 is 1.08. The van der Waals surface area contributed by atoms with Gasteiger partial charge in [-0.1, -0.05) is 18.2 Å². The summed E-state index contributed by atoms with van der Waals surface area (Å²) in [6.45, 7) is 0. The summed E-state index contributed by atoms with van der Waals surface area (Å²) in [4.78, 5) is 16.3. The van der Waals surface area contributed by atoms with Crippen LogP contribution < -0.4 is 10.0 Å². The van der Waals surface area contributed by atoms with Crippen LogP contribution in [-0.2, 0) is 31.1 Å². The van der Waals surface area contributed by atoms with E-state index in [0.717, 1.165) is 11.3 Å². The van der Waals surface area contributed by atoms with E-state index in [4.69, 9.17) is 0 Å². The highest BCUT2D eigenvalue weighted by atomic mass is 32.2. The van der Waals surface area contributed by atoms with Crippen LogP contribution in [0.5, 0.6) is 0 Å². The predicted octanol–water partition coefficient (Wildman–Crippen LogP) is 0.790. The molecule has 8 nitrogen and oxygen atoms in total. The minimum absolute atomic E-state index is 0.0416. The fourth-order valence-electron chi connectivity index (χ4n) is 2.56. The van der Waals surface area contributed by atoms with E-state index >= 15 is 0 Å². The zero-order valence-electron chi connectivity index (χ0n) is 13.6. The minimum Gasteiger partial charge on any atom is -0.352 e. The highest BCUT2D eigenvalue weighted by Crippen LogP contribution is 2.20. The van der Waals surface area contributed by atoms with E-state index in [9.17, 15) is 21.6 Å². The molecular weight excluding hydrogens is 398 g/mol. The van der Waals surface area contributed by atoms with Crippen LogP contribution in [0.4, 0.5) is 5.13 Å². The standard InChI is InChI=1S/C15H17N3O5S3/c19-14(16-11-6-7-25(20,21)10-11)8-12-9-24-15(17-12)18-26(22,23)13-4-2-1-3-5-13/h1-5,9,11H,6-8,10H2,(H,16,19)(H,17,18)/t11-/m0/s1. The monoisotopic (exact) mass is 415 g/mol. The average molecular weight is 416 g/mol. The second-order valence-electron chi connectivity index (χ2n) is 5.91. The summed E-state index contributed by atoms with van der Waals surface area (Å²) in [6.07, 6.45) is 0.368. The van der Waals surface area contributed by atoms with Crippen molar-refractivity contribution in [2.45, 2.75) is 23.8 Å². The van der Waals surface area contributed by atoms with E-state index in [1.54, 1.807) is 23.6 Å². The zero-order valence-corrected chi connectivity index (χ0v) is 16.0. The molecule has 26 heavy (non-hydrogen) atoms. The van der Waals surface area contributed by atoms with Gasteiger partial charge in [0, 0.05) is 11.4 Å². The Morgan fingerprint density at radius 3 is 2.65 bits per heavy atom. The third kappa shape index (κ3) is 4.80. The molecule has 0 aliphatic carbocycles. The van der Waals surface area contributed by atoms with Crippen molar-refractivity contribution in [3.63, 3.8) is 0 Å². The van der Waals surface area contributed by atoms with Gasteiger partial charge in [0.1, 0.15) is 0 Å². The van der Waals surface area contributed by atoms with Gasteiger partial charge in [0.25, 0.3) is 10.0 Å². The molecule has 1 aromatic heterocycles. The fraction of sp³-hybridized carbons (Fsp3) is 0.333. The third-order valence-corrected chi connectivity index (χ3v) is 7.82. The molecule has 1 saturated heterocycles. The molecule has 1 aliphatic heterocycles. The van der Waals surface area contributed by atoms with Crippen molar-refractivity contribution in [1.29, 1.82) is 0 Å². The third-order valence-electron chi connectivity index (χ3n) is 3.77.